The van der Waals surface area contributed by atoms with Crippen LogP contribution >= 0.6 is 11.9 Å². The molecule has 2 heterocycles. The van der Waals surface area contributed by atoms with Crippen molar-refractivity contribution in [2.75, 3.05) is 24.3 Å². The quantitative estimate of drug-likeness (QED) is 0.311. The van der Waals surface area contributed by atoms with Gasteiger partial charge in [-0.3, -0.25) is 5.10 Å². The van der Waals surface area contributed by atoms with Crippen LogP contribution in [-0.2, 0) is 0 Å². The number of anilines is 3. The fourth-order valence-corrected chi connectivity index (χ4v) is 4.06. The van der Waals surface area contributed by atoms with E-state index in [4.69, 9.17) is 14.0 Å². The van der Waals surface area contributed by atoms with Crippen LogP contribution in [0.3, 0.4) is 0 Å². The Hall–Kier alpha value is -3.40. The highest BCUT2D eigenvalue weighted by Crippen LogP contribution is 2.41. The van der Waals surface area contributed by atoms with E-state index < -0.39 is 0 Å². The van der Waals surface area contributed by atoms with E-state index >= 15 is 0 Å². The number of methoxy groups -OCH3 is 2. The summed E-state index contributed by atoms with van der Waals surface area (Å²) in [7, 11) is 3.13. The molecule has 160 valence electrons. The lowest BCUT2D eigenvalue weighted by atomic mass is 10.2. The maximum absolute atomic E-state index is 13.6. The minimum absolute atomic E-state index is 0.351. The van der Waals surface area contributed by atoms with Crippen LogP contribution in [0.4, 0.5) is 21.7 Å². The summed E-state index contributed by atoms with van der Waals surface area (Å²) in [5, 5.41) is 15.5. The number of aromatic amines is 1. The first kappa shape index (κ1) is 19.6. The molecule has 2 aromatic carbocycles. The standard InChI is InChI=1S/C21H20FN5O3S/c1-28-16-6-5-12(22)7-19(16)31-27-21-13-8-18(29-2)15(9-17(13)30-26-21)23-20-10-14(24-25-20)11-3-4-11/h5-11H,3-4H2,1-2H3,(H,26,27)(H2,23,24,25). The molecule has 4 aromatic rings. The Morgan fingerprint density at radius 1 is 1.13 bits per heavy atom. The summed E-state index contributed by atoms with van der Waals surface area (Å²) in [6.45, 7) is 0. The van der Waals surface area contributed by atoms with Gasteiger partial charge in [-0.1, -0.05) is 5.16 Å². The molecule has 1 aliphatic carbocycles. The van der Waals surface area contributed by atoms with Crippen LogP contribution in [0.25, 0.3) is 11.0 Å². The lowest BCUT2D eigenvalue weighted by Crippen LogP contribution is -1.95. The molecule has 3 N–H and O–H groups in total. The Bertz CT molecular complexity index is 1240. The van der Waals surface area contributed by atoms with Gasteiger partial charge >= 0.3 is 0 Å². The van der Waals surface area contributed by atoms with Gasteiger partial charge in [-0.2, -0.15) is 5.10 Å². The van der Waals surface area contributed by atoms with Crippen molar-refractivity contribution < 1.29 is 18.4 Å². The number of fused-ring (bicyclic) bond motifs is 1. The zero-order valence-electron chi connectivity index (χ0n) is 16.9. The molecule has 10 heteroatoms. The Kier molecular flexibility index (Phi) is 5.06. The highest BCUT2D eigenvalue weighted by molar-refractivity contribution is 8.00. The van der Waals surface area contributed by atoms with Crippen LogP contribution in [0.5, 0.6) is 11.5 Å². The Labute approximate surface area is 181 Å². The summed E-state index contributed by atoms with van der Waals surface area (Å²) < 4.78 is 33.0. The summed E-state index contributed by atoms with van der Waals surface area (Å²) in [4.78, 5) is 0.592. The van der Waals surface area contributed by atoms with Crippen LogP contribution in [0.1, 0.15) is 24.5 Å². The van der Waals surface area contributed by atoms with E-state index in [1.54, 1.807) is 13.2 Å². The van der Waals surface area contributed by atoms with Crippen molar-refractivity contribution in [2.24, 2.45) is 0 Å². The summed E-state index contributed by atoms with van der Waals surface area (Å²) in [5.74, 6) is 2.61. The first-order valence-corrected chi connectivity index (χ1v) is 10.5. The van der Waals surface area contributed by atoms with E-state index in [2.05, 4.69) is 25.4 Å². The number of H-pyrrole nitrogens is 1. The van der Waals surface area contributed by atoms with Crippen molar-refractivity contribution >= 4 is 40.2 Å². The van der Waals surface area contributed by atoms with Gasteiger partial charge in [0.05, 0.1) is 30.2 Å². The molecular weight excluding hydrogens is 421 g/mol. The number of nitrogens with one attached hydrogen (secondary N) is 3. The Balaban J connectivity index is 1.39. The minimum Gasteiger partial charge on any atom is -0.496 e. The van der Waals surface area contributed by atoms with Crippen molar-refractivity contribution in [3.63, 3.8) is 0 Å². The Morgan fingerprint density at radius 3 is 2.74 bits per heavy atom. The third kappa shape index (κ3) is 3.98. The lowest BCUT2D eigenvalue weighted by Gasteiger charge is -2.10. The highest BCUT2D eigenvalue weighted by Gasteiger charge is 2.25. The van der Waals surface area contributed by atoms with Crippen LogP contribution in [0.2, 0.25) is 0 Å². The topological polar surface area (TPSA) is 97.2 Å². The molecule has 0 aliphatic heterocycles. The van der Waals surface area contributed by atoms with E-state index in [0.29, 0.717) is 45.2 Å². The fourth-order valence-electron chi connectivity index (χ4n) is 3.28. The first-order chi connectivity index (χ1) is 15.1. The van der Waals surface area contributed by atoms with Crippen molar-refractivity contribution in [1.29, 1.82) is 0 Å². The van der Waals surface area contributed by atoms with Crippen LogP contribution in [-0.4, -0.2) is 29.6 Å². The van der Waals surface area contributed by atoms with Gasteiger partial charge in [-0.25, -0.2) is 4.39 Å². The maximum atomic E-state index is 13.6. The largest absolute Gasteiger partial charge is 0.496 e. The lowest BCUT2D eigenvalue weighted by molar-refractivity contribution is 0.403. The van der Waals surface area contributed by atoms with Gasteiger partial charge in [0.1, 0.15) is 17.3 Å². The molecule has 0 amide bonds. The molecule has 5 rings (SSSR count). The van der Waals surface area contributed by atoms with Crippen molar-refractivity contribution in [3.05, 3.63) is 47.9 Å². The monoisotopic (exact) mass is 441 g/mol. The van der Waals surface area contributed by atoms with E-state index in [-0.39, 0.29) is 5.82 Å². The first-order valence-electron chi connectivity index (χ1n) is 9.70. The van der Waals surface area contributed by atoms with E-state index in [0.717, 1.165) is 11.1 Å². The minimum atomic E-state index is -0.351. The molecule has 0 bridgehead atoms. The van der Waals surface area contributed by atoms with Crippen LogP contribution in [0.15, 0.2) is 45.8 Å². The number of aromatic nitrogens is 3. The fraction of sp³-hybridized carbons (Fsp3) is 0.238. The number of benzene rings is 2. The van der Waals surface area contributed by atoms with Crippen molar-refractivity contribution in [2.45, 2.75) is 23.7 Å². The van der Waals surface area contributed by atoms with E-state index in [1.165, 1.54) is 44.0 Å². The van der Waals surface area contributed by atoms with E-state index in [9.17, 15) is 4.39 Å². The zero-order chi connectivity index (χ0) is 21.4. The number of halogens is 1. The molecule has 0 unspecified atom stereocenters. The van der Waals surface area contributed by atoms with Crippen LogP contribution in [0, 0.1) is 5.82 Å². The molecule has 1 aliphatic rings. The second-order valence-electron chi connectivity index (χ2n) is 7.19. The average molecular weight is 441 g/mol. The van der Waals surface area contributed by atoms with Gasteiger partial charge < -0.3 is 24.0 Å². The molecule has 0 atom stereocenters. The number of hydrogen-bond acceptors (Lipinski definition) is 8. The Morgan fingerprint density at radius 2 is 1.97 bits per heavy atom. The van der Waals surface area contributed by atoms with Gasteiger partial charge in [0.2, 0.25) is 0 Å². The third-order valence-corrected chi connectivity index (χ3v) is 5.89. The molecule has 0 spiro atoms. The smallest absolute Gasteiger partial charge is 0.187 e. The molecular formula is C21H20FN5O3S. The molecule has 2 aromatic heterocycles. The SMILES string of the molecule is COc1cc2c(NSc3cc(F)ccc3OC)noc2cc1Nc1cc(C2CC2)[nH]n1. The number of ether oxygens (including phenoxy) is 2. The predicted molar refractivity (Wildman–Crippen MR) is 117 cm³/mol. The van der Waals surface area contributed by atoms with Gasteiger partial charge in [-0.15, -0.1) is 0 Å². The molecule has 8 nitrogen and oxygen atoms in total. The average Bonchev–Trinajstić information content (AvgIpc) is 3.40. The van der Waals surface area contributed by atoms with Gasteiger partial charge in [0, 0.05) is 23.7 Å². The second-order valence-corrected chi connectivity index (χ2v) is 8.04. The number of hydrogen-bond donors (Lipinski definition) is 3. The number of rotatable bonds is 8. The summed E-state index contributed by atoms with van der Waals surface area (Å²) in [6.07, 6.45) is 2.40. The summed E-state index contributed by atoms with van der Waals surface area (Å²) >= 11 is 1.18. The summed E-state index contributed by atoms with van der Waals surface area (Å²) in [5.41, 5.74) is 2.42. The second kappa shape index (κ2) is 8.03. The summed E-state index contributed by atoms with van der Waals surface area (Å²) in [6, 6.07) is 9.96. The highest BCUT2D eigenvalue weighted by atomic mass is 32.2. The van der Waals surface area contributed by atoms with Gasteiger partial charge in [0.25, 0.3) is 0 Å². The molecule has 1 saturated carbocycles. The molecule has 1 fully saturated rings. The number of nitrogens with zero attached hydrogens (tertiary/aromatic N) is 2. The van der Waals surface area contributed by atoms with E-state index in [1.807, 2.05) is 18.2 Å². The van der Waals surface area contributed by atoms with Crippen LogP contribution < -0.4 is 19.5 Å². The van der Waals surface area contributed by atoms with Crippen molar-refractivity contribution in [1.82, 2.24) is 15.4 Å². The molecule has 0 saturated heterocycles. The van der Waals surface area contributed by atoms with Gasteiger partial charge in [0.15, 0.2) is 17.2 Å². The van der Waals surface area contributed by atoms with Gasteiger partial charge in [-0.05, 0) is 49.1 Å². The van der Waals surface area contributed by atoms with Crippen molar-refractivity contribution in [3.8, 4) is 11.5 Å². The normalized spacial score (nSPS) is 13.4. The third-order valence-electron chi connectivity index (χ3n) is 5.05. The maximum Gasteiger partial charge on any atom is 0.187 e. The predicted octanol–water partition coefficient (Wildman–Crippen LogP) is 5.45. The molecule has 31 heavy (non-hydrogen) atoms. The molecule has 0 radical (unpaired) electrons. The zero-order valence-corrected chi connectivity index (χ0v) is 17.7.